The van der Waals surface area contributed by atoms with Crippen LogP contribution in [-0.4, -0.2) is 46.5 Å². The van der Waals surface area contributed by atoms with Crippen LogP contribution < -0.4 is 5.32 Å². The van der Waals surface area contributed by atoms with Gasteiger partial charge in [-0.25, -0.2) is 0 Å². The summed E-state index contributed by atoms with van der Waals surface area (Å²) in [6.45, 7) is 1.62. The van der Waals surface area contributed by atoms with E-state index in [1.807, 2.05) is 0 Å². The third kappa shape index (κ3) is 4.02. The molecule has 0 unspecified atom stereocenters. The Bertz CT molecular complexity index is 803. The number of likely N-dealkylation sites (tertiary alicyclic amines) is 1. The molecule has 1 aromatic heterocycles. The van der Waals surface area contributed by atoms with Crippen molar-refractivity contribution in [3.8, 4) is 11.4 Å². The SMILES string of the molecule is O=C(NCC(=O)N1CCCC1)c1ccc(-c2noc(C3CCCC3)n2)cc1. The van der Waals surface area contributed by atoms with E-state index >= 15 is 0 Å². The van der Waals surface area contributed by atoms with Crippen molar-refractivity contribution in [2.75, 3.05) is 19.6 Å². The minimum Gasteiger partial charge on any atom is -0.343 e. The first-order chi connectivity index (χ1) is 13.2. The van der Waals surface area contributed by atoms with Crippen LogP contribution in [0.5, 0.6) is 0 Å². The van der Waals surface area contributed by atoms with Crippen LogP contribution in [0.3, 0.4) is 0 Å². The largest absolute Gasteiger partial charge is 0.343 e. The fraction of sp³-hybridized carbons (Fsp3) is 0.500. The lowest BCUT2D eigenvalue weighted by molar-refractivity contribution is -0.129. The molecule has 2 aromatic rings. The molecule has 0 radical (unpaired) electrons. The quantitative estimate of drug-likeness (QED) is 0.877. The van der Waals surface area contributed by atoms with Crippen LogP contribution in [0.1, 0.15) is 60.7 Å². The molecule has 2 heterocycles. The summed E-state index contributed by atoms with van der Waals surface area (Å²) in [5.74, 6) is 1.36. The number of amides is 2. The maximum Gasteiger partial charge on any atom is 0.251 e. The van der Waals surface area contributed by atoms with E-state index in [1.165, 1.54) is 12.8 Å². The molecule has 0 spiro atoms. The summed E-state index contributed by atoms with van der Waals surface area (Å²) < 4.78 is 5.41. The fourth-order valence-corrected chi connectivity index (χ4v) is 3.80. The molecule has 0 atom stereocenters. The molecule has 1 aliphatic carbocycles. The smallest absolute Gasteiger partial charge is 0.251 e. The van der Waals surface area contributed by atoms with E-state index in [9.17, 15) is 9.59 Å². The van der Waals surface area contributed by atoms with Crippen molar-refractivity contribution in [2.24, 2.45) is 0 Å². The summed E-state index contributed by atoms with van der Waals surface area (Å²) in [6.07, 6.45) is 6.73. The maximum atomic E-state index is 12.3. The average molecular weight is 368 g/mol. The predicted molar refractivity (Wildman–Crippen MR) is 99.1 cm³/mol. The average Bonchev–Trinajstić information content (AvgIpc) is 3.47. The van der Waals surface area contributed by atoms with E-state index < -0.39 is 0 Å². The van der Waals surface area contributed by atoms with Crippen LogP contribution in [0.25, 0.3) is 11.4 Å². The van der Waals surface area contributed by atoms with Crippen LogP contribution in [-0.2, 0) is 4.79 Å². The van der Waals surface area contributed by atoms with Crippen molar-refractivity contribution in [1.29, 1.82) is 0 Å². The van der Waals surface area contributed by atoms with Gasteiger partial charge in [0.25, 0.3) is 5.91 Å². The molecule has 7 heteroatoms. The van der Waals surface area contributed by atoms with Crippen LogP contribution in [0.15, 0.2) is 28.8 Å². The van der Waals surface area contributed by atoms with Gasteiger partial charge >= 0.3 is 0 Å². The summed E-state index contributed by atoms with van der Waals surface area (Å²) in [4.78, 5) is 30.6. The number of nitrogens with zero attached hydrogens (tertiary/aromatic N) is 3. The molecular weight excluding hydrogens is 344 g/mol. The Morgan fingerprint density at radius 3 is 2.48 bits per heavy atom. The van der Waals surface area contributed by atoms with E-state index in [0.717, 1.165) is 44.3 Å². The minimum absolute atomic E-state index is 0.0243. The molecule has 142 valence electrons. The molecule has 2 fully saturated rings. The first-order valence-corrected chi connectivity index (χ1v) is 9.71. The van der Waals surface area contributed by atoms with Gasteiger partial charge in [0.15, 0.2) is 0 Å². The standard InChI is InChI=1S/C20H24N4O3/c25-17(24-11-3-4-12-24)13-21-19(26)15-9-7-14(8-10-15)18-22-20(27-23-18)16-5-1-2-6-16/h7-10,16H,1-6,11-13H2,(H,21,26). The van der Waals surface area contributed by atoms with Gasteiger partial charge in [0.2, 0.25) is 17.6 Å². The summed E-state index contributed by atoms with van der Waals surface area (Å²) in [5.41, 5.74) is 1.32. The lowest BCUT2D eigenvalue weighted by atomic mass is 10.1. The number of rotatable bonds is 5. The first kappa shape index (κ1) is 17.7. The predicted octanol–water partition coefficient (Wildman–Crippen LogP) is 2.75. The van der Waals surface area contributed by atoms with Crippen LogP contribution >= 0.6 is 0 Å². The Morgan fingerprint density at radius 1 is 1.07 bits per heavy atom. The minimum atomic E-state index is -0.256. The molecule has 4 rings (SSSR count). The number of carbonyl (C=O) groups is 2. The van der Waals surface area contributed by atoms with Gasteiger partial charge in [-0.05, 0) is 37.8 Å². The van der Waals surface area contributed by atoms with E-state index in [0.29, 0.717) is 23.2 Å². The Hall–Kier alpha value is -2.70. The van der Waals surface area contributed by atoms with Crippen molar-refractivity contribution in [2.45, 2.75) is 44.4 Å². The lowest BCUT2D eigenvalue weighted by Gasteiger charge is -2.15. The number of aromatic nitrogens is 2. The summed E-state index contributed by atoms with van der Waals surface area (Å²) in [7, 11) is 0. The second-order valence-electron chi connectivity index (χ2n) is 7.29. The van der Waals surface area contributed by atoms with Crippen molar-refractivity contribution >= 4 is 11.8 Å². The zero-order valence-corrected chi connectivity index (χ0v) is 15.3. The van der Waals surface area contributed by atoms with Crippen LogP contribution in [0.2, 0.25) is 0 Å². The Balaban J connectivity index is 1.35. The molecule has 2 aliphatic rings. The molecule has 1 saturated heterocycles. The van der Waals surface area contributed by atoms with Gasteiger partial charge in [0, 0.05) is 30.1 Å². The number of hydrogen-bond acceptors (Lipinski definition) is 5. The molecule has 1 aliphatic heterocycles. The topological polar surface area (TPSA) is 88.3 Å². The number of benzene rings is 1. The highest BCUT2D eigenvalue weighted by Crippen LogP contribution is 2.33. The number of carbonyl (C=O) groups excluding carboxylic acids is 2. The molecular formula is C20H24N4O3. The highest BCUT2D eigenvalue weighted by atomic mass is 16.5. The molecule has 2 amide bonds. The summed E-state index contributed by atoms with van der Waals surface area (Å²) >= 11 is 0. The number of nitrogens with one attached hydrogen (secondary N) is 1. The fourth-order valence-electron chi connectivity index (χ4n) is 3.80. The monoisotopic (exact) mass is 368 g/mol. The normalized spacial score (nSPS) is 17.4. The van der Waals surface area contributed by atoms with Gasteiger partial charge in [0.1, 0.15) is 0 Å². The van der Waals surface area contributed by atoms with Gasteiger partial charge in [-0.15, -0.1) is 0 Å². The van der Waals surface area contributed by atoms with E-state index in [-0.39, 0.29) is 18.4 Å². The highest BCUT2D eigenvalue weighted by Gasteiger charge is 2.23. The second-order valence-corrected chi connectivity index (χ2v) is 7.29. The molecule has 7 nitrogen and oxygen atoms in total. The van der Waals surface area contributed by atoms with E-state index in [2.05, 4.69) is 15.5 Å². The van der Waals surface area contributed by atoms with Crippen LogP contribution in [0, 0.1) is 0 Å². The lowest BCUT2D eigenvalue weighted by Crippen LogP contribution is -2.38. The van der Waals surface area contributed by atoms with Crippen molar-refractivity contribution in [3.05, 3.63) is 35.7 Å². The first-order valence-electron chi connectivity index (χ1n) is 9.71. The van der Waals surface area contributed by atoms with Gasteiger partial charge < -0.3 is 14.7 Å². The summed E-state index contributed by atoms with van der Waals surface area (Å²) in [6, 6.07) is 7.05. The number of hydrogen-bond donors (Lipinski definition) is 1. The van der Waals surface area contributed by atoms with E-state index in [4.69, 9.17) is 4.52 Å². The Morgan fingerprint density at radius 2 is 1.78 bits per heavy atom. The third-order valence-electron chi connectivity index (χ3n) is 5.41. The van der Waals surface area contributed by atoms with Gasteiger partial charge in [-0.3, -0.25) is 9.59 Å². The van der Waals surface area contributed by atoms with Crippen LogP contribution in [0.4, 0.5) is 0 Å². The van der Waals surface area contributed by atoms with Gasteiger partial charge in [0.05, 0.1) is 6.54 Å². The van der Waals surface area contributed by atoms with Crippen molar-refractivity contribution in [1.82, 2.24) is 20.4 Å². The molecule has 1 aromatic carbocycles. The molecule has 1 saturated carbocycles. The van der Waals surface area contributed by atoms with Crippen molar-refractivity contribution in [3.63, 3.8) is 0 Å². The van der Waals surface area contributed by atoms with Crippen molar-refractivity contribution < 1.29 is 14.1 Å². The maximum absolute atomic E-state index is 12.3. The Kier molecular flexibility index (Phi) is 5.18. The molecule has 0 bridgehead atoms. The highest BCUT2D eigenvalue weighted by molar-refractivity contribution is 5.96. The zero-order valence-electron chi connectivity index (χ0n) is 15.3. The molecule has 1 N–H and O–H groups in total. The third-order valence-corrected chi connectivity index (χ3v) is 5.41. The van der Waals surface area contributed by atoms with E-state index in [1.54, 1.807) is 29.2 Å². The van der Waals surface area contributed by atoms with Gasteiger partial charge in [-0.1, -0.05) is 30.1 Å². The Labute approximate surface area is 158 Å². The zero-order chi connectivity index (χ0) is 18.6. The summed E-state index contributed by atoms with van der Waals surface area (Å²) in [5, 5.41) is 6.77. The van der Waals surface area contributed by atoms with Gasteiger partial charge in [-0.2, -0.15) is 4.98 Å². The molecule has 27 heavy (non-hydrogen) atoms. The second kappa shape index (κ2) is 7.90.